The minimum Gasteiger partial charge on any atom is -0.497 e. The summed E-state index contributed by atoms with van der Waals surface area (Å²) in [6.45, 7) is 0. The van der Waals surface area contributed by atoms with Crippen LogP contribution in [0.15, 0.2) is 42.6 Å². The average molecular weight is 311 g/mol. The fraction of sp³-hybridized carbons (Fsp3) is 0.0588. The SMILES string of the molecule is C#CC(=O)c1c(-c2cccc(OC)c2)nc2c(Cl)cccn12. The highest BCUT2D eigenvalue weighted by Crippen LogP contribution is 2.29. The Hall–Kier alpha value is -2.77. The van der Waals surface area contributed by atoms with Crippen LogP contribution in [0, 0.1) is 12.3 Å². The number of pyridine rings is 1. The molecule has 5 heteroatoms. The summed E-state index contributed by atoms with van der Waals surface area (Å²) in [7, 11) is 1.58. The van der Waals surface area contributed by atoms with Crippen LogP contribution < -0.4 is 4.74 Å². The molecule has 0 unspecified atom stereocenters. The molecule has 2 heterocycles. The van der Waals surface area contributed by atoms with E-state index in [0.29, 0.717) is 27.8 Å². The van der Waals surface area contributed by atoms with E-state index in [1.54, 1.807) is 35.9 Å². The molecule has 3 aromatic rings. The van der Waals surface area contributed by atoms with E-state index in [1.165, 1.54) is 0 Å². The van der Waals surface area contributed by atoms with E-state index in [1.807, 2.05) is 18.2 Å². The predicted octanol–water partition coefficient (Wildman–Crippen LogP) is 3.48. The maximum atomic E-state index is 12.2. The van der Waals surface area contributed by atoms with Crippen molar-refractivity contribution in [1.82, 2.24) is 9.38 Å². The Balaban J connectivity index is 2.35. The lowest BCUT2D eigenvalue weighted by Gasteiger charge is -2.03. The molecule has 0 bridgehead atoms. The van der Waals surface area contributed by atoms with Crippen LogP contribution in [0.4, 0.5) is 0 Å². The van der Waals surface area contributed by atoms with Gasteiger partial charge in [-0.15, -0.1) is 6.42 Å². The van der Waals surface area contributed by atoms with Crippen molar-refractivity contribution in [1.29, 1.82) is 0 Å². The van der Waals surface area contributed by atoms with E-state index in [4.69, 9.17) is 22.8 Å². The summed E-state index contributed by atoms with van der Waals surface area (Å²) < 4.78 is 6.83. The molecule has 0 radical (unpaired) electrons. The zero-order valence-electron chi connectivity index (χ0n) is 11.7. The van der Waals surface area contributed by atoms with E-state index >= 15 is 0 Å². The Morgan fingerprint density at radius 3 is 2.91 bits per heavy atom. The van der Waals surface area contributed by atoms with E-state index in [2.05, 4.69) is 10.9 Å². The van der Waals surface area contributed by atoms with Gasteiger partial charge < -0.3 is 4.74 Å². The van der Waals surface area contributed by atoms with Crippen molar-refractivity contribution >= 4 is 23.0 Å². The van der Waals surface area contributed by atoms with Crippen molar-refractivity contribution in [3.8, 4) is 29.4 Å². The lowest BCUT2D eigenvalue weighted by atomic mass is 10.1. The smallest absolute Gasteiger partial charge is 0.254 e. The molecule has 0 saturated carbocycles. The number of fused-ring (bicyclic) bond motifs is 1. The molecule has 0 aliphatic heterocycles. The van der Waals surface area contributed by atoms with Crippen molar-refractivity contribution in [3.05, 3.63) is 53.3 Å². The number of imidazole rings is 1. The molecule has 108 valence electrons. The Kier molecular flexibility index (Phi) is 3.58. The largest absolute Gasteiger partial charge is 0.497 e. The number of hydrogen-bond donors (Lipinski definition) is 0. The van der Waals surface area contributed by atoms with Crippen LogP contribution in [-0.2, 0) is 0 Å². The monoisotopic (exact) mass is 310 g/mol. The summed E-state index contributed by atoms with van der Waals surface area (Å²) in [5.74, 6) is 2.36. The quantitative estimate of drug-likeness (QED) is 0.422. The first kappa shape index (κ1) is 14.2. The Morgan fingerprint density at radius 2 is 2.18 bits per heavy atom. The minimum atomic E-state index is -0.451. The third-order valence-electron chi connectivity index (χ3n) is 3.29. The van der Waals surface area contributed by atoms with Crippen molar-refractivity contribution in [3.63, 3.8) is 0 Å². The molecule has 0 spiro atoms. The molecule has 0 atom stereocenters. The van der Waals surface area contributed by atoms with Gasteiger partial charge in [-0.25, -0.2) is 4.98 Å². The zero-order chi connectivity index (χ0) is 15.7. The van der Waals surface area contributed by atoms with Gasteiger partial charge in [0.25, 0.3) is 5.78 Å². The molecule has 2 aromatic heterocycles. The average Bonchev–Trinajstić information content (AvgIpc) is 2.95. The molecule has 0 aliphatic carbocycles. The number of terminal acetylenes is 1. The third kappa shape index (κ3) is 2.22. The lowest BCUT2D eigenvalue weighted by Crippen LogP contribution is -2.02. The van der Waals surface area contributed by atoms with Crippen LogP contribution in [0.1, 0.15) is 10.5 Å². The number of nitrogens with zero attached hydrogens (tertiary/aromatic N) is 2. The van der Waals surface area contributed by atoms with Gasteiger partial charge in [-0.2, -0.15) is 0 Å². The van der Waals surface area contributed by atoms with Gasteiger partial charge in [0.15, 0.2) is 5.65 Å². The van der Waals surface area contributed by atoms with Gasteiger partial charge in [0.2, 0.25) is 0 Å². The fourth-order valence-electron chi connectivity index (χ4n) is 2.29. The van der Waals surface area contributed by atoms with E-state index in [-0.39, 0.29) is 0 Å². The highest BCUT2D eigenvalue weighted by molar-refractivity contribution is 6.33. The Bertz CT molecular complexity index is 922. The molecular formula is C17H11ClN2O2. The summed E-state index contributed by atoms with van der Waals surface area (Å²) in [6.07, 6.45) is 7.01. The number of benzene rings is 1. The minimum absolute atomic E-state index is 0.313. The Morgan fingerprint density at radius 1 is 1.36 bits per heavy atom. The van der Waals surface area contributed by atoms with Gasteiger partial charge >= 0.3 is 0 Å². The number of carbonyl (C=O) groups excluding carboxylic acids is 1. The summed E-state index contributed by atoms with van der Waals surface area (Å²) in [5, 5.41) is 0.447. The van der Waals surface area contributed by atoms with Crippen LogP contribution >= 0.6 is 11.6 Å². The fourth-order valence-corrected chi connectivity index (χ4v) is 2.50. The topological polar surface area (TPSA) is 43.6 Å². The van der Waals surface area contributed by atoms with Crippen molar-refractivity contribution < 1.29 is 9.53 Å². The van der Waals surface area contributed by atoms with Gasteiger partial charge in [0.1, 0.15) is 17.1 Å². The van der Waals surface area contributed by atoms with Crippen LogP contribution in [0.2, 0.25) is 5.02 Å². The second kappa shape index (κ2) is 5.55. The van der Waals surface area contributed by atoms with Crippen molar-refractivity contribution in [2.45, 2.75) is 0 Å². The van der Waals surface area contributed by atoms with Gasteiger partial charge in [0.05, 0.1) is 12.1 Å². The third-order valence-corrected chi connectivity index (χ3v) is 3.59. The molecule has 3 rings (SSSR count). The van der Waals surface area contributed by atoms with Gasteiger partial charge in [-0.1, -0.05) is 23.7 Å². The van der Waals surface area contributed by atoms with Gasteiger partial charge in [0, 0.05) is 11.8 Å². The van der Waals surface area contributed by atoms with E-state index in [9.17, 15) is 4.79 Å². The first-order chi connectivity index (χ1) is 10.7. The normalized spacial score (nSPS) is 10.4. The van der Waals surface area contributed by atoms with E-state index < -0.39 is 5.78 Å². The van der Waals surface area contributed by atoms with Crippen molar-refractivity contribution in [2.75, 3.05) is 7.11 Å². The number of halogens is 1. The summed E-state index contributed by atoms with van der Waals surface area (Å²) in [4.78, 5) is 16.7. The number of Topliss-reactive ketones (excluding diaryl/α,β-unsaturated/α-hetero) is 1. The standard InChI is InChI=1S/C17H11ClN2O2/c1-3-14(21)16-15(11-6-4-7-12(10-11)22-2)19-17-13(18)8-5-9-20(16)17/h1,4-10H,2H3. The van der Waals surface area contributed by atoms with Gasteiger partial charge in [-0.05, 0) is 30.2 Å². The summed E-state index contributed by atoms with van der Waals surface area (Å²) in [5.41, 5.74) is 2.02. The first-order valence-electron chi connectivity index (χ1n) is 6.47. The second-order valence-corrected chi connectivity index (χ2v) is 4.97. The molecule has 0 aliphatic rings. The molecule has 0 amide bonds. The van der Waals surface area contributed by atoms with Crippen molar-refractivity contribution in [2.24, 2.45) is 0 Å². The summed E-state index contributed by atoms with van der Waals surface area (Å²) in [6, 6.07) is 10.7. The number of aromatic nitrogens is 2. The molecular weight excluding hydrogens is 300 g/mol. The van der Waals surface area contributed by atoms with Crippen LogP contribution in [0.3, 0.4) is 0 Å². The molecule has 22 heavy (non-hydrogen) atoms. The van der Waals surface area contributed by atoms with Crippen LogP contribution in [-0.4, -0.2) is 22.3 Å². The first-order valence-corrected chi connectivity index (χ1v) is 6.85. The summed E-state index contributed by atoms with van der Waals surface area (Å²) >= 11 is 6.17. The molecule has 0 fully saturated rings. The number of rotatable bonds is 3. The number of methoxy groups -OCH3 is 1. The molecule has 4 nitrogen and oxygen atoms in total. The lowest BCUT2D eigenvalue weighted by molar-refractivity contribution is 0.105. The number of carbonyl (C=O) groups is 1. The van der Waals surface area contributed by atoms with Crippen LogP contribution in [0.25, 0.3) is 16.9 Å². The molecule has 1 aromatic carbocycles. The maximum absolute atomic E-state index is 12.2. The highest BCUT2D eigenvalue weighted by atomic mass is 35.5. The maximum Gasteiger partial charge on any atom is 0.254 e. The molecule has 0 saturated heterocycles. The second-order valence-electron chi connectivity index (χ2n) is 4.56. The highest BCUT2D eigenvalue weighted by Gasteiger charge is 2.20. The molecule has 0 N–H and O–H groups in total. The van der Waals surface area contributed by atoms with Gasteiger partial charge in [-0.3, -0.25) is 9.20 Å². The number of ketones is 1. The number of hydrogen-bond acceptors (Lipinski definition) is 3. The Labute approximate surface area is 132 Å². The van der Waals surface area contributed by atoms with E-state index in [0.717, 1.165) is 5.56 Å². The van der Waals surface area contributed by atoms with Crippen LogP contribution in [0.5, 0.6) is 5.75 Å². The zero-order valence-corrected chi connectivity index (χ0v) is 12.5. The number of ether oxygens (including phenoxy) is 1. The predicted molar refractivity (Wildman–Crippen MR) is 85.4 cm³/mol.